The summed E-state index contributed by atoms with van der Waals surface area (Å²) in [5.74, 6) is 1.81. The first-order valence-electron chi connectivity index (χ1n) is 25.3. The third kappa shape index (κ3) is 6.07. The number of fused-ring (bicyclic) bond motifs is 15. The van der Waals surface area contributed by atoms with Crippen LogP contribution >= 0.6 is 0 Å². The Kier molecular flexibility index (Phi) is 8.68. The third-order valence-electron chi connectivity index (χ3n) is 15.5. The first-order chi connectivity index (χ1) is 36.7. The molecule has 0 fully saturated rings. The van der Waals surface area contributed by atoms with Gasteiger partial charge in [0, 0.05) is 38.4 Å². The van der Waals surface area contributed by atoms with E-state index in [9.17, 15) is 0 Å². The van der Waals surface area contributed by atoms with E-state index < -0.39 is 0 Å². The van der Waals surface area contributed by atoms with Crippen molar-refractivity contribution in [3.8, 4) is 45.5 Å². The summed E-state index contributed by atoms with van der Waals surface area (Å²) < 4.78 is 4.65. The van der Waals surface area contributed by atoms with E-state index in [4.69, 9.17) is 15.0 Å². The Hall–Kier alpha value is -9.97. The van der Waals surface area contributed by atoms with Gasteiger partial charge < -0.3 is 4.57 Å². The lowest BCUT2D eigenvalue weighted by Gasteiger charge is -2.15. The molecule has 0 atom stereocenters. The minimum absolute atomic E-state index is 0.564. The van der Waals surface area contributed by atoms with Gasteiger partial charge in [-0.2, -0.15) is 9.97 Å². The van der Waals surface area contributed by atoms with Crippen LogP contribution in [0.15, 0.2) is 249 Å². The number of aromatic nitrogens is 5. The summed E-state index contributed by atoms with van der Waals surface area (Å²) in [6.45, 7) is 0. The van der Waals surface area contributed by atoms with E-state index in [1.165, 1.54) is 54.1 Å². The van der Waals surface area contributed by atoms with Crippen molar-refractivity contribution in [2.24, 2.45) is 0 Å². The van der Waals surface area contributed by atoms with Crippen molar-refractivity contribution in [3.05, 3.63) is 249 Å². The van der Waals surface area contributed by atoms with Crippen molar-refractivity contribution in [2.75, 3.05) is 0 Å². The molecule has 0 aliphatic carbocycles. The Labute approximate surface area is 424 Å². The SMILES string of the molecule is c1ccc2c(c1)ccc1cc(-n3c4ccccc4c4cc(-c5ccc6c(c5)c5ccccc5n6-c5nc(-c6cc7ccccc7c7ccccc67)nc(-c6cc7ccccc7c7ccccc67)n5)ccc43)ccc12. The third-order valence-corrected chi connectivity index (χ3v) is 15.5. The van der Waals surface area contributed by atoms with Crippen molar-refractivity contribution >= 4 is 108 Å². The van der Waals surface area contributed by atoms with Gasteiger partial charge in [0.25, 0.3) is 0 Å². The second-order valence-electron chi connectivity index (χ2n) is 19.5. The number of benzene rings is 13. The lowest BCUT2D eigenvalue weighted by atomic mass is 9.96. The summed E-state index contributed by atoms with van der Waals surface area (Å²) in [7, 11) is 0. The molecule has 342 valence electrons. The van der Waals surface area contributed by atoms with Crippen molar-refractivity contribution in [1.29, 1.82) is 0 Å². The number of hydrogen-bond donors (Lipinski definition) is 0. The second kappa shape index (κ2) is 15.8. The zero-order chi connectivity index (χ0) is 48.4. The summed E-state index contributed by atoms with van der Waals surface area (Å²) in [6, 6.07) is 90.1. The van der Waals surface area contributed by atoms with Gasteiger partial charge in [0.1, 0.15) is 0 Å². The molecule has 0 spiro atoms. The molecular formula is C69H41N5. The standard InChI is InChI=1S/C69H41N5/c1-4-18-49-42(15-1)29-30-47-37-48(33-34-52(47)49)73-63-27-13-11-25-57(63)59-38-43(31-35-65(59)73)44-32-36-66-60(39-44)58-26-12-14-28-64(58)74(66)69-71-67(61-40-45-16-2-5-19-50(45)53-21-7-9-23-55(53)61)70-68(72-69)62-41-46-17-3-6-20-51(46)54-22-8-10-24-56(54)62/h1-41H. The molecular weight excluding hydrogens is 899 g/mol. The van der Waals surface area contributed by atoms with Gasteiger partial charge in [-0.15, -0.1) is 0 Å². The maximum absolute atomic E-state index is 5.51. The van der Waals surface area contributed by atoms with Crippen LogP contribution in [0.4, 0.5) is 0 Å². The van der Waals surface area contributed by atoms with Crippen LogP contribution in [0.3, 0.4) is 0 Å². The van der Waals surface area contributed by atoms with Crippen LogP contribution in [0.2, 0.25) is 0 Å². The topological polar surface area (TPSA) is 48.5 Å². The summed E-state index contributed by atoms with van der Waals surface area (Å²) in [4.78, 5) is 16.5. The fourth-order valence-electron chi connectivity index (χ4n) is 12.1. The smallest absolute Gasteiger partial charge is 0.238 e. The number of nitrogens with zero attached hydrogens (tertiary/aromatic N) is 5. The summed E-state index contributed by atoms with van der Waals surface area (Å²) in [5.41, 5.74) is 9.76. The Morgan fingerprint density at radius 2 is 0.622 bits per heavy atom. The molecule has 0 aliphatic heterocycles. The van der Waals surface area contributed by atoms with E-state index in [1.807, 2.05) is 0 Å². The summed E-state index contributed by atoms with van der Waals surface area (Å²) in [6.07, 6.45) is 0. The largest absolute Gasteiger partial charge is 0.309 e. The maximum atomic E-state index is 5.51. The second-order valence-corrected chi connectivity index (χ2v) is 19.5. The summed E-state index contributed by atoms with van der Waals surface area (Å²) in [5, 5.41) is 18.9. The van der Waals surface area contributed by atoms with Crippen LogP contribution in [-0.4, -0.2) is 24.1 Å². The minimum Gasteiger partial charge on any atom is -0.309 e. The van der Waals surface area contributed by atoms with Crippen molar-refractivity contribution < 1.29 is 0 Å². The van der Waals surface area contributed by atoms with Gasteiger partial charge in [-0.05, 0) is 136 Å². The zero-order valence-corrected chi connectivity index (χ0v) is 39.9. The molecule has 0 amide bonds. The monoisotopic (exact) mass is 939 g/mol. The Bertz CT molecular complexity index is 4900. The molecule has 5 heteroatoms. The molecule has 74 heavy (non-hydrogen) atoms. The molecule has 0 aliphatic rings. The van der Waals surface area contributed by atoms with E-state index in [-0.39, 0.29) is 0 Å². The number of hydrogen-bond acceptors (Lipinski definition) is 3. The van der Waals surface area contributed by atoms with Gasteiger partial charge in [-0.1, -0.05) is 188 Å². The fraction of sp³-hybridized carbons (Fsp3) is 0. The Morgan fingerprint density at radius 3 is 1.19 bits per heavy atom. The number of rotatable bonds is 5. The highest BCUT2D eigenvalue weighted by Gasteiger charge is 2.22. The lowest BCUT2D eigenvalue weighted by Crippen LogP contribution is -2.07. The molecule has 5 nitrogen and oxygen atoms in total. The molecule has 3 aromatic heterocycles. The lowest BCUT2D eigenvalue weighted by molar-refractivity contribution is 0.955. The van der Waals surface area contributed by atoms with Crippen molar-refractivity contribution in [1.82, 2.24) is 24.1 Å². The molecule has 16 aromatic rings. The van der Waals surface area contributed by atoms with E-state index in [0.29, 0.717) is 17.6 Å². The molecule has 0 N–H and O–H groups in total. The van der Waals surface area contributed by atoms with E-state index >= 15 is 0 Å². The maximum Gasteiger partial charge on any atom is 0.238 e. The molecule has 13 aromatic carbocycles. The molecule has 3 heterocycles. The van der Waals surface area contributed by atoms with Crippen LogP contribution < -0.4 is 0 Å². The van der Waals surface area contributed by atoms with Gasteiger partial charge >= 0.3 is 0 Å². The van der Waals surface area contributed by atoms with Gasteiger partial charge in [0.05, 0.1) is 22.1 Å². The quantitative estimate of drug-likeness (QED) is 0.162. The Balaban J connectivity index is 0.897. The van der Waals surface area contributed by atoms with Gasteiger partial charge in [0.15, 0.2) is 11.6 Å². The van der Waals surface area contributed by atoms with Gasteiger partial charge in [-0.25, -0.2) is 4.98 Å². The highest BCUT2D eigenvalue weighted by Crippen LogP contribution is 2.42. The van der Waals surface area contributed by atoms with E-state index in [2.05, 4.69) is 258 Å². The van der Waals surface area contributed by atoms with Crippen LogP contribution in [0.5, 0.6) is 0 Å². The van der Waals surface area contributed by atoms with Gasteiger partial charge in [-0.3, -0.25) is 4.57 Å². The normalized spacial score (nSPS) is 12.1. The number of para-hydroxylation sites is 2. The average Bonchev–Trinajstić information content (AvgIpc) is 3.99. The molecule has 0 unspecified atom stereocenters. The van der Waals surface area contributed by atoms with E-state index in [1.54, 1.807) is 0 Å². The average molecular weight is 940 g/mol. The zero-order valence-electron chi connectivity index (χ0n) is 39.9. The highest BCUT2D eigenvalue weighted by atomic mass is 15.2. The van der Waals surface area contributed by atoms with Crippen LogP contribution in [0.25, 0.3) is 154 Å². The summed E-state index contributed by atoms with van der Waals surface area (Å²) >= 11 is 0. The minimum atomic E-state index is 0.564. The fourth-order valence-corrected chi connectivity index (χ4v) is 12.1. The molecule has 0 bridgehead atoms. The first-order valence-corrected chi connectivity index (χ1v) is 25.3. The van der Waals surface area contributed by atoms with Crippen molar-refractivity contribution in [3.63, 3.8) is 0 Å². The predicted octanol–water partition coefficient (Wildman–Crippen LogP) is 18.0. The van der Waals surface area contributed by atoms with Gasteiger partial charge in [0.2, 0.25) is 5.95 Å². The first kappa shape index (κ1) is 40.7. The molecule has 0 saturated heterocycles. The van der Waals surface area contributed by atoms with Crippen molar-refractivity contribution in [2.45, 2.75) is 0 Å². The molecule has 16 rings (SSSR count). The molecule has 0 radical (unpaired) electrons. The Morgan fingerprint density at radius 1 is 0.230 bits per heavy atom. The van der Waals surface area contributed by atoms with Crippen LogP contribution in [-0.2, 0) is 0 Å². The van der Waals surface area contributed by atoms with E-state index in [0.717, 1.165) is 82.1 Å². The highest BCUT2D eigenvalue weighted by molar-refractivity contribution is 6.17. The van der Waals surface area contributed by atoms with Crippen LogP contribution in [0, 0.1) is 0 Å². The van der Waals surface area contributed by atoms with Crippen LogP contribution in [0.1, 0.15) is 0 Å². The predicted molar refractivity (Wildman–Crippen MR) is 310 cm³/mol. The molecule has 0 saturated carbocycles.